The molecule has 1 aromatic carbocycles. The summed E-state index contributed by atoms with van der Waals surface area (Å²) >= 11 is 0. The summed E-state index contributed by atoms with van der Waals surface area (Å²) in [5.41, 5.74) is 1.30. The Morgan fingerprint density at radius 3 is 2.95 bits per heavy atom. The van der Waals surface area contributed by atoms with Gasteiger partial charge >= 0.3 is 0 Å². The van der Waals surface area contributed by atoms with Crippen LogP contribution in [0.5, 0.6) is 5.75 Å². The third-order valence-corrected chi connectivity index (χ3v) is 3.60. The molecule has 0 aromatic heterocycles. The molecule has 0 saturated carbocycles. The number of nitrogens with one attached hydrogen (secondary N) is 1. The third kappa shape index (κ3) is 5.12. The average molecular weight is 277 g/mol. The minimum atomic E-state index is 0.789. The van der Waals surface area contributed by atoms with Crippen LogP contribution in [0.1, 0.15) is 12.0 Å². The molecule has 1 N–H and O–H groups in total. The van der Waals surface area contributed by atoms with Gasteiger partial charge in [0.05, 0.1) is 0 Å². The first-order valence-electron chi connectivity index (χ1n) is 7.54. The first-order valence-corrected chi connectivity index (χ1v) is 7.54. The van der Waals surface area contributed by atoms with Crippen molar-refractivity contribution < 1.29 is 4.74 Å². The van der Waals surface area contributed by atoms with Crippen molar-refractivity contribution in [3.63, 3.8) is 0 Å². The number of ether oxygens (including phenoxy) is 1. The van der Waals surface area contributed by atoms with Gasteiger partial charge in [0.15, 0.2) is 0 Å². The quantitative estimate of drug-likeness (QED) is 0.763. The van der Waals surface area contributed by atoms with Gasteiger partial charge < -0.3 is 15.0 Å². The van der Waals surface area contributed by atoms with E-state index in [-0.39, 0.29) is 0 Å². The number of para-hydroxylation sites is 1. The van der Waals surface area contributed by atoms with Crippen LogP contribution in [0.2, 0.25) is 0 Å². The molecular weight excluding hydrogens is 250 g/mol. The van der Waals surface area contributed by atoms with Crippen LogP contribution in [0.4, 0.5) is 0 Å². The molecule has 1 heterocycles. The Labute approximate surface area is 122 Å². The van der Waals surface area contributed by atoms with Gasteiger partial charge in [-0.05, 0) is 39.7 Å². The fourth-order valence-corrected chi connectivity index (χ4v) is 2.45. The van der Waals surface area contributed by atoms with E-state index in [1.165, 1.54) is 12.0 Å². The molecule has 0 unspecified atom stereocenters. The molecule has 1 aliphatic rings. The van der Waals surface area contributed by atoms with E-state index in [4.69, 9.17) is 4.74 Å². The molecule has 0 radical (unpaired) electrons. The lowest BCUT2D eigenvalue weighted by Gasteiger charge is -2.19. The SMILES string of the molecule is CN(C)CCCNCCN1CCOc2ccccc2C1. The highest BCUT2D eigenvalue weighted by molar-refractivity contribution is 5.33. The molecule has 0 amide bonds. The molecule has 0 bridgehead atoms. The van der Waals surface area contributed by atoms with Crippen molar-refractivity contribution in [2.45, 2.75) is 13.0 Å². The Kier molecular flexibility index (Phi) is 6.30. The van der Waals surface area contributed by atoms with E-state index in [1.54, 1.807) is 0 Å². The minimum absolute atomic E-state index is 0.789. The summed E-state index contributed by atoms with van der Waals surface area (Å²) in [5, 5.41) is 3.52. The highest BCUT2D eigenvalue weighted by Gasteiger charge is 2.13. The van der Waals surface area contributed by atoms with Gasteiger partial charge in [-0.1, -0.05) is 18.2 Å². The fraction of sp³-hybridized carbons (Fsp3) is 0.625. The van der Waals surface area contributed by atoms with Crippen LogP contribution in [0.15, 0.2) is 24.3 Å². The molecule has 0 atom stereocenters. The molecule has 4 heteroatoms. The summed E-state index contributed by atoms with van der Waals surface area (Å²) in [6, 6.07) is 8.36. The van der Waals surface area contributed by atoms with Crippen LogP contribution in [0, 0.1) is 0 Å². The summed E-state index contributed by atoms with van der Waals surface area (Å²) in [4.78, 5) is 4.69. The van der Waals surface area contributed by atoms with E-state index in [9.17, 15) is 0 Å². The maximum atomic E-state index is 5.78. The molecule has 1 aliphatic heterocycles. The van der Waals surface area contributed by atoms with Gasteiger partial charge in [-0.3, -0.25) is 4.90 Å². The van der Waals surface area contributed by atoms with Gasteiger partial charge in [0.1, 0.15) is 12.4 Å². The Balaban J connectivity index is 1.67. The van der Waals surface area contributed by atoms with Crippen molar-refractivity contribution in [2.75, 3.05) is 53.4 Å². The number of fused-ring (bicyclic) bond motifs is 1. The number of hydrogen-bond acceptors (Lipinski definition) is 4. The molecule has 0 fully saturated rings. The summed E-state index contributed by atoms with van der Waals surface area (Å²) in [6.45, 7) is 7.17. The monoisotopic (exact) mass is 277 g/mol. The topological polar surface area (TPSA) is 27.7 Å². The van der Waals surface area contributed by atoms with Gasteiger partial charge in [0.2, 0.25) is 0 Å². The molecule has 4 nitrogen and oxygen atoms in total. The van der Waals surface area contributed by atoms with Crippen molar-refractivity contribution in [1.29, 1.82) is 0 Å². The third-order valence-electron chi connectivity index (χ3n) is 3.60. The van der Waals surface area contributed by atoms with E-state index >= 15 is 0 Å². The summed E-state index contributed by atoms with van der Waals surface area (Å²) in [5.74, 6) is 1.05. The maximum absolute atomic E-state index is 5.78. The van der Waals surface area contributed by atoms with Crippen molar-refractivity contribution in [2.24, 2.45) is 0 Å². The second-order valence-electron chi connectivity index (χ2n) is 5.64. The Morgan fingerprint density at radius 1 is 1.25 bits per heavy atom. The number of rotatable bonds is 7. The van der Waals surface area contributed by atoms with Crippen molar-refractivity contribution in [3.05, 3.63) is 29.8 Å². The lowest BCUT2D eigenvalue weighted by Crippen LogP contribution is -2.34. The zero-order chi connectivity index (χ0) is 14.2. The minimum Gasteiger partial charge on any atom is -0.492 e. The molecule has 112 valence electrons. The van der Waals surface area contributed by atoms with Crippen LogP contribution in [0.3, 0.4) is 0 Å². The van der Waals surface area contributed by atoms with Crippen molar-refractivity contribution >= 4 is 0 Å². The maximum Gasteiger partial charge on any atom is 0.123 e. The zero-order valence-electron chi connectivity index (χ0n) is 12.8. The molecule has 20 heavy (non-hydrogen) atoms. The van der Waals surface area contributed by atoms with Gasteiger partial charge in [-0.2, -0.15) is 0 Å². The standard InChI is InChI=1S/C16H27N3O/c1-18(2)10-5-8-17-9-11-19-12-13-20-16-7-4-3-6-15(16)14-19/h3-4,6-7,17H,5,8-14H2,1-2H3. The molecule has 0 aliphatic carbocycles. The number of benzene rings is 1. The smallest absolute Gasteiger partial charge is 0.123 e. The van der Waals surface area contributed by atoms with Gasteiger partial charge in [-0.15, -0.1) is 0 Å². The molecule has 0 saturated heterocycles. The largest absolute Gasteiger partial charge is 0.492 e. The lowest BCUT2D eigenvalue weighted by molar-refractivity contribution is 0.226. The van der Waals surface area contributed by atoms with E-state index in [0.29, 0.717) is 0 Å². The van der Waals surface area contributed by atoms with Crippen LogP contribution < -0.4 is 10.1 Å². The highest BCUT2D eigenvalue weighted by atomic mass is 16.5. The lowest BCUT2D eigenvalue weighted by atomic mass is 10.2. The van der Waals surface area contributed by atoms with Crippen molar-refractivity contribution in [3.8, 4) is 5.75 Å². The van der Waals surface area contributed by atoms with Crippen molar-refractivity contribution in [1.82, 2.24) is 15.1 Å². The van der Waals surface area contributed by atoms with Crippen LogP contribution in [-0.2, 0) is 6.54 Å². The summed E-state index contributed by atoms with van der Waals surface area (Å²) < 4.78 is 5.78. The van der Waals surface area contributed by atoms with Crippen LogP contribution in [-0.4, -0.2) is 63.2 Å². The highest BCUT2D eigenvalue weighted by Crippen LogP contribution is 2.21. The normalized spacial score (nSPS) is 15.8. The van der Waals surface area contributed by atoms with Crippen LogP contribution in [0.25, 0.3) is 0 Å². The predicted molar refractivity (Wildman–Crippen MR) is 83.3 cm³/mol. The van der Waals surface area contributed by atoms with Crippen LogP contribution >= 0.6 is 0 Å². The zero-order valence-corrected chi connectivity index (χ0v) is 12.8. The Bertz CT molecular complexity index is 395. The molecular formula is C16H27N3O. The Hall–Kier alpha value is -1.10. The average Bonchev–Trinajstić information content (AvgIpc) is 2.64. The van der Waals surface area contributed by atoms with E-state index < -0.39 is 0 Å². The molecule has 2 rings (SSSR count). The Morgan fingerprint density at radius 2 is 2.10 bits per heavy atom. The van der Waals surface area contributed by atoms with E-state index in [2.05, 4.69) is 47.4 Å². The summed E-state index contributed by atoms with van der Waals surface area (Å²) in [7, 11) is 4.24. The van der Waals surface area contributed by atoms with E-state index in [0.717, 1.165) is 51.6 Å². The van der Waals surface area contributed by atoms with Gasteiger partial charge in [-0.25, -0.2) is 0 Å². The molecule has 1 aromatic rings. The molecule has 0 spiro atoms. The fourth-order valence-electron chi connectivity index (χ4n) is 2.45. The predicted octanol–water partition coefficient (Wildman–Crippen LogP) is 1.42. The second kappa shape index (κ2) is 8.25. The summed E-state index contributed by atoms with van der Waals surface area (Å²) in [6.07, 6.45) is 1.21. The second-order valence-corrected chi connectivity index (χ2v) is 5.64. The van der Waals surface area contributed by atoms with E-state index in [1.807, 2.05) is 6.07 Å². The first-order chi connectivity index (χ1) is 9.75. The van der Waals surface area contributed by atoms with Gasteiger partial charge in [0, 0.05) is 31.7 Å². The first kappa shape index (κ1) is 15.3. The number of nitrogens with zero attached hydrogens (tertiary/aromatic N) is 2. The van der Waals surface area contributed by atoms with Gasteiger partial charge in [0.25, 0.3) is 0 Å². The number of hydrogen-bond donors (Lipinski definition) is 1.